The first-order valence-electron chi connectivity index (χ1n) is 6.44. The molecule has 118 valence electrons. The topological polar surface area (TPSA) is 68.5 Å². The molecule has 1 heterocycles. The van der Waals surface area contributed by atoms with Crippen LogP contribution in [0.3, 0.4) is 0 Å². The van der Waals surface area contributed by atoms with Crippen molar-refractivity contribution in [1.29, 1.82) is 0 Å². The van der Waals surface area contributed by atoms with Crippen LogP contribution in [0.4, 0.5) is 0 Å². The van der Waals surface area contributed by atoms with Crippen molar-refractivity contribution < 1.29 is 13.2 Å². The molecule has 5 nitrogen and oxygen atoms in total. The summed E-state index contributed by atoms with van der Waals surface area (Å²) in [6, 6.07) is 7.39. The summed E-state index contributed by atoms with van der Waals surface area (Å²) < 4.78 is 24.6. The minimum Gasteiger partial charge on any atom is -0.319 e. The van der Waals surface area contributed by atoms with Crippen molar-refractivity contribution in [3.05, 3.63) is 51.2 Å². The Kier molecular flexibility index (Phi) is 5.20. The molecular weight excluding hydrogens is 344 g/mol. The molecule has 1 aromatic heterocycles. The van der Waals surface area contributed by atoms with E-state index < -0.39 is 21.0 Å². The summed E-state index contributed by atoms with van der Waals surface area (Å²) in [6.07, 6.45) is 2.81. The Morgan fingerprint density at radius 2 is 2.09 bits per heavy atom. The minimum atomic E-state index is -3.45. The monoisotopic (exact) mass is 358 g/mol. The van der Waals surface area contributed by atoms with Gasteiger partial charge in [-0.25, -0.2) is 8.42 Å². The molecule has 0 saturated heterocycles. The van der Waals surface area contributed by atoms with Gasteiger partial charge in [0.05, 0.1) is 6.54 Å². The van der Waals surface area contributed by atoms with Crippen molar-refractivity contribution in [2.45, 2.75) is 18.7 Å². The third-order valence-electron chi connectivity index (χ3n) is 3.15. The molecule has 22 heavy (non-hydrogen) atoms. The van der Waals surface area contributed by atoms with E-state index in [0.717, 1.165) is 11.8 Å². The first-order chi connectivity index (χ1) is 10.3. The number of sulfone groups is 1. The predicted molar refractivity (Wildman–Crippen MR) is 87.7 cm³/mol. The van der Waals surface area contributed by atoms with Crippen molar-refractivity contribution in [2.24, 2.45) is 4.99 Å². The number of amides is 1. The van der Waals surface area contributed by atoms with Gasteiger partial charge in [0.1, 0.15) is 5.25 Å². The van der Waals surface area contributed by atoms with Crippen LogP contribution < -0.4 is 4.80 Å². The summed E-state index contributed by atoms with van der Waals surface area (Å²) >= 11 is 7.39. The van der Waals surface area contributed by atoms with E-state index in [1.54, 1.807) is 22.2 Å². The van der Waals surface area contributed by atoms with Crippen LogP contribution >= 0.6 is 22.9 Å². The van der Waals surface area contributed by atoms with Gasteiger partial charge in [0.2, 0.25) is 0 Å². The van der Waals surface area contributed by atoms with Gasteiger partial charge < -0.3 is 4.57 Å². The van der Waals surface area contributed by atoms with Gasteiger partial charge in [0.25, 0.3) is 5.91 Å². The normalized spacial score (nSPS) is 14.0. The maximum atomic E-state index is 12.0. The fourth-order valence-corrected chi connectivity index (χ4v) is 3.03. The number of thiazole rings is 1. The van der Waals surface area contributed by atoms with Crippen LogP contribution in [0.5, 0.6) is 0 Å². The summed E-state index contributed by atoms with van der Waals surface area (Å²) in [5, 5.41) is 1.26. The van der Waals surface area contributed by atoms with Crippen LogP contribution in [0.25, 0.3) is 0 Å². The Balaban J connectivity index is 2.32. The molecule has 8 heteroatoms. The zero-order valence-corrected chi connectivity index (χ0v) is 14.5. The first kappa shape index (κ1) is 16.9. The number of aromatic nitrogens is 1. The summed E-state index contributed by atoms with van der Waals surface area (Å²) in [5.41, 5.74) is 0.896. The molecule has 1 atom stereocenters. The fourth-order valence-electron chi connectivity index (χ4n) is 1.69. The van der Waals surface area contributed by atoms with Crippen LogP contribution in [0.15, 0.2) is 40.8 Å². The van der Waals surface area contributed by atoms with Gasteiger partial charge in [-0.05, 0) is 18.6 Å². The molecule has 1 amide bonds. The van der Waals surface area contributed by atoms with Crippen LogP contribution in [0.2, 0.25) is 5.02 Å². The van der Waals surface area contributed by atoms with Gasteiger partial charge in [-0.1, -0.05) is 29.8 Å². The summed E-state index contributed by atoms with van der Waals surface area (Å²) in [6.45, 7) is 1.80. The predicted octanol–water partition coefficient (Wildman–Crippen LogP) is 2.11. The van der Waals surface area contributed by atoms with Crippen molar-refractivity contribution in [3.8, 4) is 0 Å². The second-order valence-corrected chi connectivity index (χ2v) is 8.47. The third-order valence-corrected chi connectivity index (χ3v) is 5.80. The van der Waals surface area contributed by atoms with Gasteiger partial charge in [0.15, 0.2) is 14.6 Å². The summed E-state index contributed by atoms with van der Waals surface area (Å²) in [7, 11) is -3.45. The fraction of sp³-hybridized carbons (Fsp3) is 0.286. The van der Waals surface area contributed by atoms with Gasteiger partial charge in [-0.15, -0.1) is 11.3 Å². The minimum absolute atomic E-state index is 0.445. The summed E-state index contributed by atoms with van der Waals surface area (Å²) in [5.74, 6) is -0.669. The average molecular weight is 359 g/mol. The number of hydrogen-bond donors (Lipinski definition) is 0. The maximum Gasteiger partial charge on any atom is 0.266 e. The highest BCUT2D eigenvalue weighted by atomic mass is 35.5. The lowest BCUT2D eigenvalue weighted by Gasteiger charge is -2.06. The van der Waals surface area contributed by atoms with E-state index in [-0.39, 0.29) is 0 Å². The van der Waals surface area contributed by atoms with E-state index in [9.17, 15) is 13.2 Å². The molecule has 0 aliphatic rings. The van der Waals surface area contributed by atoms with Crippen molar-refractivity contribution >= 4 is 38.7 Å². The molecule has 0 N–H and O–H groups in total. The molecule has 0 fully saturated rings. The highest BCUT2D eigenvalue weighted by Gasteiger charge is 2.23. The third kappa shape index (κ3) is 4.06. The Hall–Kier alpha value is -1.44. The Morgan fingerprint density at radius 3 is 2.73 bits per heavy atom. The number of benzene rings is 1. The first-order valence-corrected chi connectivity index (χ1v) is 9.65. The molecule has 0 radical (unpaired) electrons. The lowest BCUT2D eigenvalue weighted by molar-refractivity contribution is -0.117. The molecule has 1 unspecified atom stereocenters. The molecule has 0 aliphatic heterocycles. The Morgan fingerprint density at radius 1 is 1.41 bits per heavy atom. The van der Waals surface area contributed by atoms with Crippen LogP contribution in [0.1, 0.15) is 12.5 Å². The smallest absolute Gasteiger partial charge is 0.266 e. The molecule has 0 aliphatic carbocycles. The second kappa shape index (κ2) is 6.76. The molecule has 2 aromatic rings. The van der Waals surface area contributed by atoms with Gasteiger partial charge >= 0.3 is 0 Å². The lowest BCUT2D eigenvalue weighted by atomic mass is 10.2. The van der Waals surface area contributed by atoms with Gasteiger partial charge in [-0.3, -0.25) is 4.79 Å². The van der Waals surface area contributed by atoms with E-state index in [2.05, 4.69) is 4.99 Å². The van der Waals surface area contributed by atoms with Crippen LogP contribution in [-0.2, 0) is 21.2 Å². The molecule has 0 spiro atoms. The van der Waals surface area contributed by atoms with E-state index in [4.69, 9.17) is 11.6 Å². The van der Waals surface area contributed by atoms with Gasteiger partial charge in [-0.2, -0.15) is 4.99 Å². The lowest BCUT2D eigenvalue weighted by Crippen LogP contribution is -2.27. The highest BCUT2D eigenvalue weighted by Crippen LogP contribution is 2.15. The van der Waals surface area contributed by atoms with Crippen molar-refractivity contribution in [3.63, 3.8) is 0 Å². The molecule has 2 rings (SSSR count). The number of carbonyl (C=O) groups is 1. The molecule has 1 aromatic carbocycles. The zero-order chi connectivity index (χ0) is 16.3. The Bertz CT molecular complexity index is 853. The standard InChI is InChI=1S/C14H15ClN2O3S2/c1-10(22(2,19)20)13(18)16-14-17(7-8-21-14)9-11-5-3-4-6-12(11)15/h3-8,10H,9H2,1-2H3. The molecular formula is C14H15ClN2O3S2. The second-order valence-electron chi connectivity index (χ2n) is 4.83. The molecule has 0 saturated carbocycles. The average Bonchev–Trinajstić information content (AvgIpc) is 2.86. The SMILES string of the molecule is CC(C(=O)N=c1sccn1Cc1ccccc1Cl)S(C)(=O)=O. The number of carbonyl (C=O) groups excluding carboxylic acids is 1. The number of nitrogens with zero attached hydrogens (tertiary/aromatic N) is 2. The quantitative estimate of drug-likeness (QED) is 0.840. The van der Waals surface area contributed by atoms with E-state index >= 15 is 0 Å². The maximum absolute atomic E-state index is 12.0. The van der Waals surface area contributed by atoms with E-state index in [1.165, 1.54) is 18.3 Å². The number of rotatable bonds is 4. The van der Waals surface area contributed by atoms with E-state index in [1.807, 2.05) is 18.2 Å². The summed E-state index contributed by atoms with van der Waals surface area (Å²) in [4.78, 5) is 16.3. The van der Waals surface area contributed by atoms with Crippen LogP contribution in [-0.4, -0.2) is 30.4 Å². The molecule has 0 bridgehead atoms. The van der Waals surface area contributed by atoms with Crippen molar-refractivity contribution in [2.75, 3.05) is 6.26 Å². The largest absolute Gasteiger partial charge is 0.319 e. The zero-order valence-electron chi connectivity index (χ0n) is 12.1. The van der Waals surface area contributed by atoms with Crippen LogP contribution in [0, 0.1) is 0 Å². The van der Waals surface area contributed by atoms with Crippen molar-refractivity contribution in [1.82, 2.24) is 4.57 Å². The number of hydrogen-bond acceptors (Lipinski definition) is 4. The Labute approximate surface area is 137 Å². The van der Waals surface area contributed by atoms with Gasteiger partial charge in [0, 0.05) is 22.9 Å². The highest BCUT2D eigenvalue weighted by molar-refractivity contribution is 7.92. The number of halogens is 1. The van der Waals surface area contributed by atoms with E-state index in [0.29, 0.717) is 16.4 Å².